The molecule has 5 heteroatoms. The number of benzene rings is 2. The number of halogens is 2. The van der Waals surface area contributed by atoms with Crippen LogP contribution in [0.5, 0.6) is 5.75 Å². The van der Waals surface area contributed by atoms with E-state index in [0.29, 0.717) is 5.69 Å². The number of nitrogens with two attached hydrogens (primary N) is 1. The first kappa shape index (κ1) is 13.3. The van der Waals surface area contributed by atoms with Gasteiger partial charge in [0.2, 0.25) is 0 Å². The molecule has 0 radical (unpaired) electrons. The second-order valence-corrected chi connectivity index (χ2v) is 5.34. The van der Waals surface area contributed by atoms with Gasteiger partial charge in [0.1, 0.15) is 5.75 Å². The van der Waals surface area contributed by atoms with Gasteiger partial charge in [-0.2, -0.15) is 0 Å². The summed E-state index contributed by atoms with van der Waals surface area (Å²) in [5, 5.41) is 4.01. The van der Waals surface area contributed by atoms with Gasteiger partial charge in [0, 0.05) is 32.1 Å². The highest BCUT2D eigenvalue weighted by Gasteiger charge is 2.03. The number of hydrogen-bond donors (Lipinski definition) is 2. The van der Waals surface area contributed by atoms with Gasteiger partial charge in [-0.05, 0) is 46.9 Å². The van der Waals surface area contributed by atoms with Crippen molar-refractivity contribution < 1.29 is 4.74 Å². The van der Waals surface area contributed by atoms with Gasteiger partial charge in [-0.15, -0.1) is 0 Å². The summed E-state index contributed by atoms with van der Waals surface area (Å²) in [6.07, 6.45) is 0. The van der Waals surface area contributed by atoms with Crippen molar-refractivity contribution in [1.82, 2.24) is 0 Å². The predicted octanol–water partition coefficient (Wildman–Crippen LogP) is 4.28. The maximum atomic E-state index is 5.92. The smallest absolute Gasteiger partial charge is 0.122 e. The summed E-state index contributed by atoms with van der Waals surface area (Å²) in [5.41, 5.74) is 8.32. The Morgan fingerprint density at radius 2 is 2.00 bits per heavy atom. The number of nitrogens with one attached hydrogen (secondary N) is 1. The maximum absolute atomic E-state index is 5.92. The van der Waals surface area contributed by atoms with Gasteiger partial charge in [0.05, 0.1) is 12.8 Å². The molecule has 0 spiro atoms. The zero-order valence-corrected chi connectivity index (χ0v) is 12.6. The quantitative estimate of drug-likeness (QED) is 0.623. The third kappa shape index (κ3) is 3.20. The third-order valence-corrected chi connectivity index (χ3v) is 3.50. The van der Waals surface area contributed by atoms with Crippen molar-refractivity contribution in [2.45, 2.75) is 0 Å². The highest BCUT2D eigenvalue weighted by molar-refractivity contribution is 14.1. The van der Waals surface area contributed by atoms with E-state index in [2.05, 4.69) is 27.9 Å². The lowest BCUT2D eigenvalue weighted by molar-refractivity contribution is 0.415. The Kier molecular flexibility index (Phi) is 4.19. The van der Waals surface area contributed by atoms with Crippen molar-refractivity contribution in [3.05, 3.63) is 45.0 Å². The Morgan fingerprint density at radius 3 is 2.67 bits per heavy atom. The SMILES string of the molecule is COc1cc(N)cc(Nc2ccc(Cl)cc2I)c1. The highest BCUT2D eigenvalue weighted by Crippen LogP contribution is 2.28. The van der Waals surface area contributed by atoms with E-state index in [9.17, 15) is 0 Å². The average molecular weight is 375 g/mol. The highest BCUT2D eigenvalue weighted by atomic mass is 127. The molecule has 3 N–H and O–H groups in total. The summed E-state index contributed by atoms with van der Waals surface area (Å²) in [6, 6.07) is 11.2. The molecule has 0 fully saturated rings. The van der Waals surface area contributed by atoms with Crippen LogP contribution in [0, 0.1) is 3.57 Å². The summed E-state index contributed by atoms with van der Waals surface area (Å²) in [4.78, 5) is 0. The standard InChI is InChI=1S/C13H12ClIN2O/c1-18-11-6-9(16)5-10(7-11)17-13-3-2-8(14)4-12(13)15/h2-7,17H,16H2,1H3. The molecule has 3 nitrogen and oxygen atoms in total. The van der Waals surface area contributed by atoms with E-state index in [4.69, 9.17) is 22.1 Å². The molecule has 0 atom stereocenters. The second-order valence-electron chi connectivity index (χ2n) is 3.74. The largest absolute Gasteiger partial charge is 0.497 e. The number of hydrogen-bond acceptors (Lipinski definition) is 3. The van der Waals surface area contributed by atoms with E-state index < -0.39 is 0 Å². The molecule has 0 aliphatic rings. The van der Waals surface area contributed by atoms with E-state index >= 15 is 0 Å². The normalized spacial score (nSPS) is 10.2. The number of nitrogen functional groups attached to an aromatic ring is 1. The van der Waals surface area contributed by atoms with E-state index in [1.54, 1.807) is 13.2 Å². The average Bonchev–Trinajstić information content (AvgIpc) is 2.32. The summed E-state index contributed by atoms with van der Waals surface area (Å²) in [5.74, 6) is 0.724. The Bertz CT molecular complexity index is 575. The van der Waals surface area contributed by atoms with Crippen molar-refractivity contribution in [1.29, 1.82) is 0 Å². The molecule has 0 aliphatic carbocycles. The molecular formula is C13H12ClIN2O. The van der Waals surface area contributed by atoms with Crippen LogP contribution in [0.3, 0.4) is 0 Å². The minimum absolute atomic E-state index is 0.654. The van der Waals surface area contributed by atoms with Crippen molar-refractivity contribution in [2.24, 2.45) is 0 Å². The molecule has 2 rings (SSSR count). The lowest BCUT2D eigenvalue weighted by atomic mass is 10.2. The Hall–Kier alpha value is -1.14. The summed E-state index contributed by atoms with van der Waals surface area (Å²) in [7, 11) is 1.62. The lowest BCUT2D eigenvalue weighted by Gasteiger charge is -2.11. The molecule has 0 amide bonds. The molecule has 0 saturated carbocycles. The molecule has 94 valence electrons. The van der Waals surface area contributed by atoms with Gasteiger partial charge in [0.25, 0.3) is 0 Å². The Labute approximate surface area is 124 Å². The predicted molar refractivity (Wildman–Crippen MR) is 84.9 cm³/mol. The van der Waals surface area contributed by atoms with Crippen LogP contribution in [-0.2, 0) is 0 Å². The molecule has 0 saturated heterocycles. The number of anilines is 3. The molecule has 2 aromatic rings. The molecule has 0 aliphatic heterocycles. The van der Waals surface area contributed by atoms with E-state index in [-0.39, 0.29) is 0 Å². The number of rotatable bonds is 3. The van der Waals surface area contributed by atoms with Crippen LogP contribution < -0.4 is 15.8 Å². The fourth-order valence-electron chi connectivity index (χ4n) is 1.56. The second kappa shape index (κ2) is 5.67. The molecule has 0 heterocycles. The van der Waals surface area contributed by atoms with E-state index in [0.717, 1.165) is 25.7 Å². The third-order valence-electron chi connectivity index (χ3n) is 2.37. The first-order valence-corrected chi connectivity index (χ1v) is 6.71. The lowest BCUT2D eigenvalue weighted by Crippen LogP contribution is -1.96. The summed E-state index contributed by atoms with van der Waals surface area (Å²) < 4.78 is 6.22. The monoisotopic (exact) mass is 374 g/mol. The van der Waals surface area contributed by atoms with Crippen LogP contribution in [0.15, 0.2) is 36.4 Å². The van der Waals surface area contributed by atoms with Crippen LogP contribution in [0.1, 0.15) is 0 Å². The summed E-state index contributed by atoms with van der Waals surface area (Å²) in [6.45, 7) is 0. The fourth-order valence-corrected chi connectivity index (χ4v) is 2.56. The zero-order valence-electron chi connectivity index (χ0n) is 9.71. The van der Waals surface area contributed by atoms with Gasteiger partial charge in [-0.1, -0.05) is 11.6 Å². The van der Waals surface area contributed by atoms with Crippen LogP contribution in [-0.4, -0.2) is 7.11 Å². The van der Waals surface area contributed by atoms with E-state index in [1.807, 2.05) is 30.3 Å². The van der Waals surface area contributed by atoms with Crippen molar-refractivity contribution in [3.8, 4) is 5.75 Å². The molecule has 0 aromatic heterocycles. The van der Waals surface area contributed by atoms with Crippen molar-refractivity contribution >= 4 is 51.3 Å². The number of ether oxygens (including phenoxy) is 1. The first-order valence-electron chi connectivity index (χ1n) is 5.25. The summed E-state index contributed by atoms with van der Waals surface area (Å²) >= 11 is 8.15. The van der Waals surface area contributed by atoms with Gasteiger partial charge in [-0.25, -0.2) is 0 Å². The van der Waals surface area contributed by atoms with Crippen LogP contribution >= 0.6 is 34.2 Å². The molecule has 2 aromatic carbocycles. The fraction of sp³-hybridized carbons (Fsp3) is 0.0769. The molecule has 0 bridgehead atoms. The molecular weight excluding hydrogens is 363 g/mol. The maximum Gasteiger partial charge on any atom is 0.122 e. The number of methoxy groups -OCH3 is 1. The zero-order chi connectivity index (χ0) is 13.1. The van der Waals surface area contributed by atoms with Crippen LogP contribution in [0.4, 0.5) is 17.1 Å². The van der Waals surface area contributed by atoms with E-state index in [1.165, 1.54) is 0 Å². The van der Waals surface area contributed by atoms with Crippen molar-refractivity contribution in [3.63, 3.8) is 0 Å². The first-order chi connectivity index (χ1) is 8.58. The topological polar surface area (TPSA) is 47.3 Å². The Morgan fingerprint density at radius 1 is 1.22 bits per heavy atom. The minimum Gasteiger partial charge on any atom is -0.497 e. The van der Waals surface area contributed by atoms with Crippen LogP contribution in [0.2, 0.25) is 5.02 Å². The van der Waals surface area contributed by atoms with Crippen LogP contribution in [0.25, 0.3) is 0 Å². The molecule has 18 heavy (non-hydrogen) atoms. The Balaban J connectivity index is 2.30. The van der Waals surface area contributed by atoms with Gasteiger partial charge in [0.15, 0.2) is 0 Å². The van der Waals surface area contributed by atoms with Gasteiger partial charge in [-0.3, -0.25) is 0 Å². The molecule has 0 unspecified atom stereocenters. The van der Waals surface area contributed by atoms with Crippen molar-refractivity contribution in [2.75, 3.05) is 18.2 Å². The van der Waals surface area contributed by atoms with Gasteiger partial charge < -0.3 is 15.8 Å². The van der Waals surface area contributed by atoms with Gasteiger partial charge >= 0.3 is 0 Å². The minimum atomic E-state index is 0.654.